The quantitative estimate of drug-likeness (QED) is 0.369. The van der Waals surface area contributed by atoms with Gasteiger partial charge < -0.3 is 9.30 Å². The SMILES string of the molecule is CCCCn1cnc2c1c(=O)n(CC(=O)c1ccc(OC)cc1)c(=O)n2Cc1ccccc1. The molecule has 0 amide bonds. The Balaban J connectivity index is 1.82. The van der Waals surface area contributed by atoms with Crippen LogP contribution in [0.15, 0.2) is 70.5 Å². The number of hydrogen-bond donors (Lipinski definition) is 0. The van der Waals surface area contributed by atoms with Crippen LogP contribution in [0.25, 0.3) is 11.2 Å². The standard InChI is InChI=1S/C25H26N4O4/c1-3-4-14-27-17-26-23-22(27)24(31)29(16-21(30)19-10-12-20(33-2)13-11-19)25(32)28(23)15-18-8-6-5-7-9-18/h5-13,17H,3-4,14-16H2,1-2H3. The molecule has 170 valence electrons. The fraction of sp³-hybridized carbons (Fsp3) is 0.280. The number of benzene rings is 2. The molecule has 2 aromatic heterocycles. The number of Topliss-reactive ketones (excluding diaryl/α,β-unsaturated/α-hetero) is 1. The van der Waals surface area contributed by atoms with Crippen LogP contribution >= 0.6 is 0 Å². The van der Waals surface area contributed by atoms with Gasteiger partial charge in [-0.2, -0.15) is 0 Å². The fourth-order valence-electron chi connectivity index (χ4n) is 3.80. The second kappa shape index (κ2) is 9.68. The first-order chi connectivity index (χ1) is 16.0. The number of ether oxygens (including phenoxy) is 1. The molecule has 0 aliphatic heterocycles. The van der Waals surface area contributed by atoms with E-state index in [1.807, 2.05) is 30.3 Å². The van der Waals surface area contributed by atoms with Crippen molar-refractivity contribution in [2.45, 2.75) is 39.4 Å². The van der Waals surface area contributed by atoms with Crippen molar-refractivity contribution in [1.82, 2.24) is 18.7 Å². The Bertz CT molecular complexity index is 1380. The molecule has 0 saturated carbocycles. The van der Waals surface area contributed by atoms with Gasteiger partial charge in [-0.15, -0.1) is 0 Å². The van der Waals surface area contributed by atoms with Crippen LogP contribution < -0.4 is 16.0 Å². The second-order valence-electron chi connectivity index (χ2n) is 7.86. The van der Waals surface area contributed by atoms with E-state index in [-0.39, 0.29) is 18.9 Å². The zero-order valence-corrected chi connectivity index (χ0v) is 18.7. The number of imidazole rings is 1. The summed E-state index contributed by atoms with van der Waals surface area (Å²) < 4.78 is 9.39. The van der Waals surface area contributed by atoms with Crippen molar-refractivity contribution in [2.75, 3.05) is 7.11 Å². The molecule has 2 aromatic carbocycles. The average molecular weight is 447 g/mol. The van der Waals surface area contributed by atoms with Crippen LogP contribution in [0, 0.1) is 0 Å². The minimum absolute atomic E-state index is 0.248. The van der Waals surface area contributed by atoms with Crippen molar-refractivity contribution in [1.29, 1.82) is 0 Å². The Labute approximate surface area is 190 Å². The summed E-state index contributed by atoms with van der Waals surface area (Å²) in [6, 6.07) is 16.1. The molecule has 0 radical (unpaired) electrons. The molecule has 0 saturated heterocycles. The van der Waals surface area contributed by atoms with E-state index in [0.717, 1.165) is 23.0 Å². The highest BCUT2D eigenvalue weighted by atomic mass is 16.5. The maximum absolute atomic E-state index is 13.4. The molecule has 4 rings (SSSR count). The van der Waals surface area contributed by atoms with Crippen LogP contribution in [-0.2, 0) is 19.6 Å². The lowest BCUT2D eigenvalue weighted by Gasteiger charge is -2.13. The monoisotopic (exact) mass is 446 g/mol. The summed E-state index contributed by atoms with van der Waals surface area (Å²) in [6.07, 6.45) is 3.42. The number of rotatable bonds is 9. The van der Waals surface area contributed by atoms with Crippen molar-refractivity contribution in [3.05, 3.63) is 92.9 Å². The van der Waals surface area contributed by atoms with Gasteiger partial charge in [0.2, 0.25) is 0 Å². The zero-order valence-electron chi connectivity index (χ0n) is 18.7. The smallest absolute Gasteiger partial charge is 0.333 e. The number of nitrogens with zero attached hydrogens (tertiary/aromatic N) is 4. The fourth-order valence-corrected chi connectivity index (χ4v) is 3.80. The molecule has 2 heterocycles. The van der Waals surface area contributed by atoms with E-state index in [4.69, 9.17) is 4.74 Å². The molecule has 0 unspecified atom stereocenters. The van der Waals surface area contributed by atoms with Gasteiger partial charge in [0, 0.05) is 12.1 Å². The van der Waals surface area contributed by atoms with Gasteiger partial charge in [0.1, 0.15) is 5.75 Å². The molecule has 4 aromatic rings. The predicted octanol–water partition coefficient (Wildman–Crippen LogP) is 3.10. The van der Waals surface area contributed by atoms with E-state index in [1.165, 1.54) is 4.57 Å². The molecule has 0 atom stereocenters. The minimum atomic E-state index is -0.557. The Morgan fingerprint density at radius 3 is 2.39 bits per heavy atom. The lowest BCUT2D eigenvalue weighted by atomic mass is 10.1. The number of aromatic nitrogens is 4. The summed E-state index contributed by atoms with van der Waals surface area (Å²) in [5.41, 5.74) is 0.903. The number of carbonyl (C=O) groups is 1. The van der Waals surface area contributed by atoms with E-state index in [1.54, 1.807) is 42.3 Å². The van der Waals surface area contributed by atoms with E-state index in [9.17, 15) is 14.4 Å². The van der Waals surface area contributed by atoms with Crippen LogP contribution in [0.4, 0.5) is 0 Å². The third-order valence-corrected chi connectivity index (χ3v) is 5.63. The van der Waals surface area contributed by atoms with Crippen molar-refractivity contribution >= 4 is 16.9 Å². The van der Waals surface area contributed by atoms with Gasteiger partial charge in [0.15, 0.2) is 16.9 Å². The van der Waals surface area contributed by atoms with E-state index in [2.05, 4.69) is 11.9 Å². The Hall–Kier alpha value is -3.94. The molecule has 0 spiro atoms. The van der Waals surface area contributed by atoms with Crippen LogP contribution in [0.2, 0.25) is 0 Å². The van der Waals surface area contributed by atoms with Crippen LogP contribution in [-0.4, -0.2) is 31.6 Å². The summed E-state index contributed by atoms with van der Waals surface area (Å²) in [6.45, 7) is 2.57. The minimum Gasteiger partial charge on any atom is -0.497 e. The molecule has 0 N–H and O–H groups in total. The van der Waals surface area contributed by atoms with Gasteiger partial charge in [0.05, 0.1) is 26.5 Å². The van der Waals surface area contributed by atoms with Crippen LogP contribution in [0.1, 0.15) is 35.7 Å². The number of methoxy groups -OCH3 is 1. The van der Waals surface area contributed by atoms with Gasteiger partial charge in [-0.25, -0.2) is 9.78 Å². The van der Waals surface area contributed by atoms with Crippen LogP contribution in [0.5, 0.6) is 5.75 Å². The second-order valence-corrected chi connectivity index (χ2v) is 7.86. The van der Waals surface area contributed by atoms with Gasteiger partial charge in [-0.1, -0.05) is 43.7 Å². The number of unbranched alkanes of at least 4 members (excludes halogenated alkanes) is 1. The van der Waals surface area contributed by atoms with Crippen molar-refractivity contribution in [3.63, 3.8) is 0 Å². The summed E-state index contributed by atoms with van der Waals surface area (Å²) in [5, 5.41) is 0. The lowest BCUT2D eigenvalue weighted by Crippen LogP contribution is -2.42. The number of hydrogen-bond acceptors (Lipinski definition) is 5. The maximum atomic E-state index is 13.4. The summed E-state index contributed by atoms with van der Waals surface area (Å²) >= 11 is 0. The topological polar surface area (TPSA) is 88.1 Å². The number of ketones is 1. The van der Waals surface area contributed by atoms with Crippen molar-refractivity contribution in [2.24, 2.45) is 0 Å². The van der Waals surface area contributed by atoms with E-state index < -0.39 is 11.2 Å². The number of carbonyl (C=O) groups excluding carboxylic acids is 1. The molecule has 8 heteroatoms. The molecule has 0 aliphatic carbocycles. The third kappa shape index (κ3) is 4.50. The van der Waals surface area contributed by atoms with Gasteiger partial charge in [-0.3, -0.25) is 18.7 Å². The summed E-state index contributed by atoms with van der Waals surface area (Å²) in [4.78, 5) is 44.1. The first-order valence-corrected chi connectivity index (χ1v) is 10.9. The average Bonchev–Trinajstić information content (AvgIpc) is 3.27. The maximum Gasteiger partial charge on any atom is 0.333 e. The van der Waals surface area contributed by atoms with Gasteiger partial charge >= 0.3 is 5.69 Å². The third-order valence-electron chi connectivity index (χ3n) is 5.63. The predicted molar refractivity (Wildman–Crippen MR) is 126 cm³/mol. The molecular weight excluding hydrogens is 420 g/mol. The lowest BCUT2D eigenvalue weighted by molar-refractivity contribution is 0.0968. The normalized spacial score (nSPS) is 11.1. The largest absolute Gasteiger partial charge is 0.497 e. The molecule has 33 heavy (non-hydrogen) atoms. The molecule has 0 aliphatic rings. The summed E-state index contributed by atoms with van der Waals surface area (Å²) in [7, 11) is 1.54. The van der Waals surface area contributed by atoms with Gasteiger partial charge in [0.25, 0.3) is 5.56 Å². The Morgan fingerprint density at radius 1 is 1.00 bits per heavy atom. The van der Waals surface area contributed by atoms with E-state index >= 15 is 0 Å². The first-order valence-electron chi connectivity index (χ1n) is 10.9. The highest BCUT2D eigenvalue weighted by Crippen LogP contribution is 2.13. The summed E-state index contributed by atoms with van der Waals surface area (Å²) in [5.74, 6) is 0.289. The molecular formula is C25H26N4O4. The highest BCUT2D eigenvalue weighted by molar-refractivity contribution is 5.96. The first kappa shape index (κ1) is 22.3. The Morgan fingerprint density at radius 2 is 1.73 bits per heavy atom. The number of fused-ring (bicyclic) bond motifs is 1. The number of aryl methyl sites for hydroxylation is 1. The highest BCUT2D eigenvalue weighted by Gasteiger charge is 2.20. The van der Waals surface area contributed by atoms with Crippen molar-refractivity contribution < 1.29 is 9.53 Å². The van der Waals surface area contributed by atoms with Crippen molar-refractivity contribution in [3.8, 4) is 5.75 Å². The van der Waals surface area contributed by atoms with Crippen LogP contribution in [0.3, 0.4) is 0 Å². The molecule has 0 bridgehead atoms. The zero-order chi connectivity index (χ0) is 23.4. The molecule has 8 nitrogen and oxygen atoms in total. The molecule has 0 fully saturated rings. The van der Waals surface area contributed by atoms with Gasteiger partial charge in [-0.05, 0) is 36.2 Å². The van der Waals surface area contributed by atoms with E-state index in [0.29, 0.717) is 29.0 Å². The Kier molecular flexibility index (Phi) is 6.53.